The fourth-order valence-electron chi connectivity index (χ4n) is 2.46. The smallest absolute Gasteiger partial charge is 0.383 e. The van der Waals surface area contributed by atoms with Crippen molar-refractivity contribution < 1.29 is 28.2 Å². The lowest BCUT2D eigenvalue weighted by molar-refractivity contribution is -0.188. The van der Waals surface area contributed by atoms with Crippen LogP contribution < -0.4 is 28.2 Å². The zero-order chi connectivity index (χ0) is 21.5. The summed E-state index contributed by atoms with van der Waals surface area (Å²) in [5.41, 5.74) is 2.12. The molecule has 2 atom stereocenters. The standard InChI is InChI=1S/C18H24N3O6P3/c1-14-8-6-10-16(12-14)25-18(26-17-11-7-9-15(2)13-17)27-20-28-19-29(23-4)21(22-3)30(20)24-5/h6-13,18H,1-5H3. The Kier molecular flexibility index (Phi) is 8.37. The predicted molar refractivity (Wildman–Crippen MR) is 117 cm³/mol. The monoisotopic (exact) mass is 471 g/mol. The van der Waals surface area contributed by atoms with Crippen molar-refractivity contribution in [3.8, 4) is 11.5 Å². The van der Waals surface area contributed by atoms with Crippen molar-refractivity contribution in [3.05, 3.63) is 59.7 Å². The summed E-state index contributed by atoms with van der Waals surface area (Å²) < 4.78 is 30.4. The molecule has 0 spiro atoms. The highest BCUT2D eigenvalue weighted by molar-refractivity contribution is 7.55. The van der Waals surface area contributed by atoms with E-state index in [-0.39, 0.29) is 0 Å². The van der Waals surface area contributed by atoms with Crippen LogP contribution in [0.1, 0.15) is 11.1 Å². The van der Waals surface area contributed by atoms with Gasteiger partial charge < -0.3 is 18.5 Å². The first kappa shape index (κ1) is 22.9. The van der Waals surface area contributed by atoms with E-state index < -0.39 is 22.6 Å². The normalized spacial score (nSPS) is 12.5. The van der Waals surface area contributed by atoms with Crippen molar-refractivity contribution in [2.45, 2.75) is 20.3 Å². The van der Waals surface area contributed by atoms with Gasteiger partial charge in [0.1, 0.15) is 11.5 Å². The molecule has 9 nitrogen and oxygen atoms in total. The highest BCUT2D eigenvalue weighted by atomic mass is 31.2. The Hall–Kier alpha value is -1.82. The molecule has 3 rings (SSSR count). The Morgan fingerprint density at radius 1 is 0.900 bits per heavy atom. The third-order valence-corrected chi connectivity index (χ3v) is 8.50. The molecule has 0 bridgehead atoms. The summed E-state index contributed by atoms with van der Waals surface area (Å²) in [6.07, 6.45) is 0. The highest BCUT2D eigenvalue weighted by Crippen LogP contribution is 2.35. The van der Waals surface area contributed by atoms with Crippen LogP contribution >= 0.6 is 24.7 Å². The lowest BCUT2D eigenvalue weighted by Gasteiger charge is -2.23. The third kappa shape index (κ3) is 5.87. The van der Waals surface area contributed by atoms with Gasteiger partial charge in [0.25, 0.3) is 0 Å². The van der Waals surface area contributed by atoms with Crippen molar-refractivity contribution in [2.75, 3.05) is 21.3 Å². The molecule has 0 fully saturated rings. The lowest BCUT2D eigenvalue weighted by Crippen LogP contribution is -2.35. The molecule has 0 N–H and O–H groups in total. The summed E-state index contributed by atoms with van der Waals surface area (Å²) in [7, 11) is 2.38. The Balaban J connectivity index is 1.93. The van der Waals surface area contributed by atoms with Gasteiger partial charge in [-0.1, -0.05) is 24.3 Å². The fraction of sp³-hybridized carbons (Fsp3) is 0.333. The molecule has 0 saturated heterocycles. The number of aryl methyl sites for hydroxylation is 2. The van der Waals surface area contributed by atoms with E-state index in [1.165, 1.54) is 15.6 Å². The summed E-state index contributed by atoms with van der Waals surface area (Å²) in [4.78, 5) is 11.4. The molecule has 30 heavy (non-hydrogen) atoms. The molecule has 0 amide bonds. The van der Waals surface area contributed by atoms with Gasteiger partial charge >= 0.3 is 6.48 Å². The van der Waals surface area contributed by atoms with Gasteiger partial charge in [-0.05, 0) is 49.2 Å². The molecule has 0 aliphatic heterocycles. The van der Waals surface area contributed by atoms with Gasteiger partial charge in [-0.3, -0.25) is 4.84 Å². The Morgan fingerprint density at radius 3 is 1.97 bits per heavy atom. The number of benzene rings is 2. The van der Waals surface area contributed by atoms with Crippen LogP contribution in [0.25, 0.3) is 0 Å². The van der Waals surface area contributed by atoms with Gasteiger partial charge in [0.2, 0.25) is 16.2 Å². The topological polar surface area (TPSA) is 78.1 Å². The van der Waals surface area contributed by atoms with Crippen LogP contribution in [-0.4, -0.2) is 40.8 Å². The molecule has 1 heterocycles. The van der Waals surface area contributed by atoms with E-state index >= 15 is 0 Å². The molecule has 162 valence electrons. The number of rotatable bonds is 9. The first-order valence-corrected chi connectivity index (χ1v) is 12.0. The number of ether oxygens (including phenoxy) is 2. The molecule has 12 heteroatoms. The number of nitrogens with zero attached hydrogens (tertiary/aromatic N) is 3. The average molecular weight is 471 g/mol. The molecule has 1 aromatic heterocycles. The summed E-state index contributed by atoms with van der Waals surface area (Å²) in [5, 5.41) is 0. The van der Waals surface area contributed by atoms with E-state index in [0.717, 1.165) is 11.1 Å². The Morgan fingerprint density at radius 2 is 1.50 bits per heavy atom. The maximum Gasteiger partial charge on any atom is 0.383 e. The first-order valence-electron chi connectivity index (χ1n) is 8.91. The zero-order valence-corrected chi connectivity index (χ0v) is 20.0. The quantitative estimate of drug-likeness (QED) is 0.436. The lowest BCUT2D eigenvalue weighted by atomic mass is 10.2. The van der Waals surface area contributed by atoms with E-state index in [9.17, 15) is 0 Å². The van der Waals surface area contributed by atoms with E-state index in [2.05, 4.69) is 4.51 Å². The van der Waals surface area contributed by atoms with Crippen molar-refractivity contribution in [3.63, 3.8) is 0 Å². The molecule has 2 unspecified atom stereocenters. The van der Waals surface area contributed by atoms with Gasteiger partial charge in [-0.15, -0.1) is 8.51 Å². The van der Waals surface area contributed by atoms with Gasteiger partial charge in [-0.2, -0.15) is 9.35 Å². The van der Waals surface area contributed by atoms with Gasteiger partial charge in [0, 0.05) is 14.2 Å². The van der Waals surface area contributed by atoms with E-state index in [4.69, 9.17) is 28.2 Å². The maximum atomic E-state index is 6.03. The average Bonchev–Trinajstić information content (AvgIpc) is 2.73. The molecule has 3 aromatic rings. The van der Waals surface area contributed by atoms with Crippen LogP contribution in [0.15, 0.2) is 48.5 Å². The largest absolute Gasteiger partial charge is 0.431 e. The van der Waals surface area contributed by atoms with Gasteiger partial charge in [-0.25, -0.2) is 0 Å². The second-order valence-corrected chi connectivity index (χ2v) is 10.7. The minimum atomic E-state index is -1.48. The van der Waals surface area contributed by atoms with Gasteiger partial charge in [0.05, 0.1) is 7.11 Å². The Labute approximate surface area is 179 Å². The molecular formula is C18H24N3O6P3. The van der Waals surface area contributed by atoms with Crippen molar-refractivity contribution in [1.82, 2.24) is 13.0 Å². The highest BCUT2D eigenvalue weighted by Gasteiger charge is 2.20. The number of hydrogen-bond donors (Lipinski definition) is 0. The van der Waals surface area contributed by atoms with Crippen LogP contribution in [0.3, 0.4) is 0 Å². The van der Waals surface area contributed by atoms with Crippen LogP contribution in [0.4, 0.5) is 0 Å². The fourth-order valence-corrected chi connectivity index (χ4v) is 7.40. The molecule has 0 aliphatic rings. The van der Waals surface area contributed by atoms with E-state index in [1.54, 1.807) is 14.2 Å². The summed E-state index contributed by atoms with van der Waals surface area (Å²) >= 11 is 0. The zero-order valence-electron chi connectivity index (χ0n) is 17.3. The third-order valence-electron chi connectivity index (χ3n) is 3.75. The predicted octanol–water partition coefficient (Wildman–Crippen LogP) is 4.02. The maximum absolute atomic E-state index is 6.03. The van der Waals surface area contributed by atoms with Crippen molar-refractivity contribution >= 4 is 24.7 Å². The number of hydrogen-bond acceptors (Lipinski definition) is 7. The summed E-state index contributed by atoms with van der Waals surface area (Å²) in [6, 6.07) is 15.3. The minimum Gasteiger partial charge on any atom is -0.431 e. The van der Waals surface area contributed by atoms with Crippen LogP contribution in [0, 0.1) is 13.8 Å². The second kappa shape index (κ2) is 11.0. The summed E-state index contributed by atoms with van der Waals surface area (Å²) in [6.45, 7) is 2.89. The van der Waals surface area contributed by atoms with E-state index in [1.807, 2.05) is 62.4 Å². The summed E-state index contributed by atoms with van der Waals surface area (Å²) in [5.74, 6) is 1.23. The molecule has 2 aromatic carbocycles. The van der Waals surface area contributed by atoms with Crippen LogP contribution in [0.5, 0.6) is 11.5 Å². The van der Waals surface area contributed by atoms with E-state index in [0.29, 0.717) is 20.0 Å². The first-order chi connectivity index (χ1) is 14.5. The Bertz CT molecular complexity index is 963. The molecule has 0 aliphatic carbocycles. The van der Waals surface area contributed by atoms with Gasteiger partial charge in [0.15, 0.2) is 8.51 Å². The molecule has 0 radical (unpaired) electrons. The molecular weight excluding hydrogens is 447 g/mol. The van der Waals surface area contributed by atoms with Crippen LogP contribution in [0.2, 0.25) is 0 Å². The molecule has 0 saturated carbocycles. The number of aromatic nitrogens is 3. The van der Waals surface area contributed by atoms with Crippen LogP contribution in [-0.2, 0) is 0 Å². The minimum absolute atomic E-state index is 0.497. The second-order valence-electron chi connectivity index (χ2n) is 6.00. The van der Waals surface area contributed by atoms with Crippen molar-refractivity contribution in [1.29, 1.82) is 0 Å². The SMILES string of the molecule is COn1p(OC)npn(OC(Oc2cccc(C)c2)Oc2cccc(C)c2)p1OC. The van der Waals surface area contributed by atoms with Crippen molar-refractivity contribution in [2.24, 2.45) is 0 Å².